The molecule has 4 saturated carbocycles. The van der Waals surface area contributed by atoms with Crippen molar-refractivity contribution in [2.24, 2.45) is 29.1 Å². The molecule has 1 saturated heterocycles. The number of carbonyl (C=O) groups is 2. The third-order valence-corrected chi connectivity index (χ3v) is 13.8. The van der Waals surface area contributed by atoms with Gasteiger partial charge in [0.2, 0.25) is 5.95 Å². The highest BCUT2D eigenvalue weighted by molar-refractivity contribution is 6.01. The van der Waals surface area contributed by atoms with E-state index in [1.54, 1.807) is 24.7 Å². The van der Waals surface area contributed by atoms with Gasteiger partial charge in [0.1, 0.15) is 17.4 Å². The number of hydrogen-bond donors (Lipinski definition) is 2. The number of nitrogens with one attached hydrogen (secondary N) is 1. The average Bonchev–Trinajstić information content (AvgIpc) is 3.70. The van der Waals surface area contributed by atoms with Gasteiger partial charge in [-0.15, -0.1) is 0 Å². The number of rotatable bonds is 8. The summed E-state index contributed by atoms with van der Waals surface area (Å²) in [4.78, 5) is 42.0. The molecule has 1 amide bonds. The van der Waals surface area contributed by atoms with Crippen LogP contribution in [0.5, 0.6) is 5.75 Å². The number of carboxylic acids is 1. The second-order valence-electron chi connectivity index (χ2n) is 16.6. The number of carbonyl (C=O) groups excluding carboxylic acids is 1. The fraction of sp³-hybridized carbons (Fsp3) is 0.419. The molecular formula is C43H41F3N6O4. The molecule has 3 bridgehead atoms. The number of piperidine rings is 1. The van der Waals surface area contributed by atoms with Crippen LogP contribution in [0.3, 0.4) is 0 Å². The smallest absolute Gasteiger partial charge is 0.434 e. The first kappa shape index (κ1) is 35.0. The van der Waals surface area contributed by atoms with E-state index >= 15 is 0 Å². The third-order valence-electron chi connectivity index (χ3n) is 13.8. The normalized spacial score (nSPS) is 28.0. The Hall–Kier alpha value is -5.46. The molecule has 5 fully saturated rings. The number of aryl methyl sites for hydroxylation is 1. The van der Waals surface area contributed by atoms with Crippen LogP contribution in [-0.4, -0.2) is 61.2 Å². The Morgan fingerprint density at radius 2 is 1.71 bits per heavy atom. The van der Waals surface area contributed by atoms with Crippen molar-refractivity contribution in [3.8, 4) is 22.7 Å². The first-order chi connectivity index (χ1) is 26.9. The van der Waals surface area contributed by atoms with Crippen molar-refractivity contribution in [2.75, 3.05) is 18.0 Å². The lowest BCUT2D eigenvalue weighted by Gasteiger charge is -2.53. The van der Waals surface area contributed by atoms with Crippen LogP contribution in [0, 0.1) is 36.0 Å². The number of anilines is 1. The van der Waals surface area contributed by atoms with Crippen LogP contribution >= 0.6 is 0 Å². The van der Waals surface area contributed by atoms with Crippen molar-refractivity contribution >= 4 is 28.7 Å². The number of carboxylic acid groups (broad SMARTS) is 1. The van der Waals surface area contributed by atoms with E-state index in [1.807, 2.05) is 54.0 Å². The van der Waals surface area contributed by atoms with Crippen LogP contribution in [0.4, 0.5) is 19.1 Å². The zero-order valence-electron chi connectivity index (χ0n) is 30.8. The maximum Gasteiger partial charge on any atom is 0.434 e. The van der Waals surface area contributed by atoms with Crippen LogP contribution in [0.2, 0.25) is 0 Å². The SMILES string of the molecule is Cc1ccccc1-n1cc(-c2ccc(C(=O)NC3(C(=O)O)C4CC5CC6CC3C6(C5)C4)c(C(F)(F)F)n2)c2ccc(OC3CCN(c4ncccn4)CC3)cc21. The lowest BCUT2D eigenvalue weighted by molar-refractivity contribution is -0.153. The number of aromatic nitrogens is 4. The molecule has 10 nitrogen and oxygen atoms in total. The second kappa shape index (κ2) is 12.5. The second-order valence-corrected chi connectivity index (χ2v) is 16.6. The van der Waals surface area contributed by atoms with Crippen LogP contribution in [-0.2, 0) is 11.0 Å². The molecule has 13 heteroatoms. The summed E-state index contributed by atoms with van der Waals surface area (Å²) in [5, 5.41) is 14.0. The van der Waals surface area contributed by atoms with E-state index in [-0.39, 0.29) is 29.0 Å². The zero-order valence-corrected chi connectivity index (χ0v) is 30.8. The number of aliphatic carboxylic acids is 1. The first-order valence-corrected chi connectivity index (χ1v) is 19.5. The molecule has 0 radical (unpaired) electrons. The number of hydrogen-bond acceptors (Lipinski definition) is 7. The van der Waals surface area contributed by atoms with E-state index in [0.717, 1.165) is 61.6 Å². The predicted octanol–water partition coefficient (Wildman–Crippen LogP) is 7.87. The number of fused-ring (bicyclic) bond motifs is 3. The standard InChI is InChI=1S/C43H41F3N6O4/c1-24-5-2-3-6-34(24)52-23-32(30-8-7-29(20-35(30)52)56-28-11-15-51(16-12-28)40-47-13-4-14-48-40)33-10-9-31(37(49-33)43(44,45)46)38(53)50-42(39(54)55)27-18-25-17-26-19-36(42)41(26,21-25)22-27/h2-10,13-14,20,23,25-28,36H,11-12,15-19,21-22H2,1H3,(H,50,53)(H,54,55). The Kier molecular flexibility index (Phi) is 7.82. The Morgan fingerprint density at radius 3 is 2.46 bits per heavy atom. The molecule has 1 aliphatic heterocycles. The zero-order chi connectivity index (χ0) is 38.6. The van der Waals surface area contributed by atoms with Crippen molar-refractivity contribution in [1.29, 1.82) is 0 Å². The van der Waals surface area contributed by atoms with Crippen LogP contribution in [0.15, 0.2) is 79.3 Å². The molecule has 3 aromatic heterocycles. The summed E-state index contributed by atoms with van der Waals surface area (Å²) in [5.41, 5.74) is -0.710. The lowest BCUT2D eigenvalue weighted by Crippen LogP contribution is -2.65. The molecule has 288 valence electrons. The summed E-state index contributed by atoms with van der Waals surface area (Å²) in [5.74, 6) is -0.614. The van der Waals surface area contributed by atoms with Crippen molar-refractivity contribution in [1.82, 2.24) is 24.8 Å². The summed E-state index contributed by atoms with van der Waals surface area (Å²) in [6, 6.07) is 17.7. The number of benzene rings is 2. The molecule has 2 N–H and O–H groups in total. The minimum Gasteiger partial charge on any atom is -0.490 e. The molecule has 5 aliphatic rings. The van der Waals surface area contributed by atoms with Gasteiger partial charge >= 0.3 is 12.1 Å². The van der Waals surface area contributed by atoms with E-state index in [9.17, 15) is 27.9 Å². The topological polar surface area (TPSA) is 122 Å². The van der Waals surface area contributed by atoms with E-state index in [0.29, 0.717) is 53.7 Å². The molecule has 4 aliphatic carbocycles. The Balaban J connectivity index is 0.984. The van der Waals surface area contributed by atoms with Gasteiger partial charge in [-0.2, -0.15) is 13.2 Å². The van der Waals surface area contributed by atoms with Gasteiger partial charge in [-0.05, 0) is 110 Å². The van der Waals surface area contributed by atoms with Crippen LogP contribution < -0.4 is 15.0 Å². The monoisotopic (exact) mass is 762 g/mol. The largest absolute Gasteiger partial charge is 0.490 e. The maximum atomic E-state index is 14.9. The summed E-state index contributed by atoms with van der Waals surface area (Å²) < 4.78 is 53.2. The highest BCUT2D eigenvalue weighted by Crippen LogP contribution is 2.78. The van der Waals surface area contributed by atoms with E-state index in [4.69, 9.17) is 4.74 Å². The minimum atomic E-state index is -4.98. The molecule has 10 rings (SSSR count). The number of amides is 1. The molecule has 4 heterocycles. The number of para-hydroxylation sites is 1. The summed E-state index contributed by atoms with van der Waals surface area (Å²) in [7, 11) is 0. The maximum absolute atomic E-state index is 14.9. The fourth-order valence-corrected chi connectivity index (χ4v) is 11.5. The van der Waals surface area contributed by atoms with Gasteiger partial charge in [0.05, 0.1) is 16.8 Å². The van der Waals surface area contributed by atoms with Gasteiger partial charge in [-0.1, -0.05) is 18.2 Å². The van der Waals surface area contributed by atoms with Gasteiger partial charge in [0, 0.05) is 67.2 Å². The minimum absolute atomic E-state index is 0.0399. The number of alkyl halides is 3. The van der Waals surface area contributed by atoms with Gasteiger partial charge in [0.25, 0.3) is 5.91 Å². The van der Waals surface area contributed by atoms with Gasteiger partial charge in [-0.25, -0.2) is 19.7 Å². The molecule has 6 atom stereocenters. The van der Waals surface area contributed by atoms with Gasteiger partial charge in [-0.3, -0.25) is 4.79 Å². The van der Waals surface area contributed by atoms with E-state index < -0.39 is 34.8 Å². The molecule has 6 unspecified atom stereocenters. The summed E-state index contributed by atoms with van der Waals surface area (Å²) in [6.45, 7) is 3.44. The van der Waals surface area contributed by atoms with Crippen molar-refractivity contribution in [2.45, 2.75) is 69.7 Å². The van der Waals surface area contributed by atoms with Gasteiger partial charge < -0.3 is 24.6 Å². The van der Waals surface area contributed by atoms with Gasteiger partial charge in [0.15, 0.2) is 5.69 Å². The fourth-order valence-electron chi connectivity index (χ4n) is 11.5. The highest BCUT2D eigenvalue weighted by Gasteiger charge is 2.78. The molecule has 56 heavy (non-hydrogen) atoms. The predicted molar refractivity (Wildman–Crippen MR) is 201 cm³/mol. The van der Waals surface area contributed by atoms with Crippen molar-refractivity contribution in [3.63, 3.8) is 0 Å². The Labute approximate surface area is 321 Å². The van der Waals surface area contributed by atoms with E-state index in [2.05, 4.69) is 25.2 Å². The molecule has 1 spiro atoms. The number of nitrogens with zero attached hydrogens (tertiary/aromatic N) is 5. The first-order valence-electron chi connectivity index (χ1n) is 19.5. The summed E-state index contributed by atoms with van der Waals surface area (Å²) in [6.07, 6.45) is 5.81. The molecule has 2 aromatic carbocycles. The molecular weight excluding hydrogens is 722 g/mol. The Bertz CT molecular complexity index is 2390. The Morgan fingerprint density at radius 1 is 0.946 bits per heavy atom. The number of pyridine rings is 1. The molecule has 5 aromatic rings. The number of ether oxygens (including phenoxy) is 1. The van der Waals surface area contributed by atoms with Crippen LogP contribution in [0.25, 0.3) is 27.8 Å². The quantitative estimate of drug-likeness (QED) is 0.164. The lowest BCUT2D eigenvalue weighted by atomic mass is 9.53. The third kappa shape index (κ3) is 5.25. The van der Waals surface area contributed by atoms with Crippen molar-refractivity contribution in [3.05, 3.63) is 96.1 Å². The number of halogens is 3. The highest BCUT2D eigenvalue weighted by atomic mass is 19.4. The van der Waals surface area contributed by atoms with Crippen molar-refractivity contribution < 1.29 is 32.6 Å². The van der Waals surface area contributed by atoms with E-state index in [1.165, 1.54) is 6.07 Å². The van der Waals surface area contributed by atoms with Crippen LogP contribution in [0.1, 0.15) is 66.6 Å². The average molecular weight is 763 g/mol. The summed E-state index contributed by atoms with van der Waals surface area (Å²) >= 11 is 0.